The third kappa shape index (κ3) is 5.87. The zero-order valence-electron chi connectivity index (χ0n) is 20.2. The lowest BCUT2D eigenvalue weighted by Crippen LogP contribution is -2.13. The molecule has 0 radical (unpaired) electrons. The van der Waals surface area contributed by atoms with Crippen LogP contribution in [0.5, 0.6) is 5.75 Å². The van der Waals surface area contributed by atoms with Crippen LogP contribution in [0, 0.1) is 23.4 Å². The van der Waals surface area contributed by atoms with Crippen LogP contribution < -0.4 is 4.74 Å². The van der Waals surface area contributed by atoms with Crippen LogP contribution in [0.2, 0.25) is 0 Å². The van der Waals surface area contributed by atoms with Crippen molar-refractivity contribution >= 4 is 12.2 Å². The number of hydrogen-bond acceptors (Lipinski definition) is 1. The Labute approximate surface area is 206 Å². The summed E-state index contributed by atoms with van der Waals surface area (Å²) in [4.78, 5) is 0. The van der Waals surface area contributed by atoms with Crippen molar-refractivity contribution in [2.24, 2.45) is 5.92 Å². The smallest absolute Gasteiger partial charge is 0.166 e. The summed E-state index contributed by atoms with van der Waals surface area (Å²) in [5, 5.41) is 0. The molecule has 0 unspecified atom stereocenters. The average molecular weight is 477 g/mol. The third-order valence-corrected chi connectivity index (χ3v) is 6.72. The van der Waals surface area contributed by atoms with Crippen LogP contribution in [0.15, 0.2) is 66.7 Å². The van der Waals surface area contributed by atoms with E-state index in [9.17, 15) is 4.39 Å². The summed E-state index contributed by atoms with van der Waals surface area (Å²) in [6.45, 7) is 4.18. The van der Waals surface area contributed by atoms with Gasteiger partial charge in [0.15, 0.2) is 23.2 Å². The van der Waals surface area contributed by atoms with Crippen LogP contribution in [0.3, 0.4) is 0 Å². The van der Waals surface area contributed by atoms with Gasteiger partial charge in [-0.2, -0.15) is 0 Å². The van der Waals surface area contributed by atoms with Crippen molar-refractivity contribution in [3.05, 3.63) is 101 Å². The second-order valence-corrected chi connectivity index (χ2v) is 9.05. The highest BCUT2D eigenvalue weighted by molar-refractivity contribution is 5.67. The van der Waals surface area contributed by atoms with Crippen molar-refractivity contribution in [1.82, 2.24) is 0 Å². The molecule has 0 aromatic heterocycles. The minimum Gasteiger partial charge on any atom is -0.491 e. The van der Waals surface area contributed by atoms with Gasteiger partial charge >= 0.3 is 0 Å². The van der Waals surface area contributed by atoms with Crippen LogP contribution in [-0.2, 0) is 0 Å². The SMILES string of the molecule is CC=Cc1ccc(-c2ccc(C3CCC(C=Cc4ccc(OCC)c(F)c4)CC3)c(F)c2F)cc1. The van der Waals surface area contributed by atoms with Gasteiger partial charge < -0.3 is 4.74 Å². The van der Waals surface area contributed by atoms with E-state index in [2.05, 4.69) is 6.08 Å². The highest BCUT2D eigenvalue weighted by Crippen LogP contribution is 2.39. The standard InChI is InChI=1S/C31H31F3O/c1-3-5-21-8-13-24(14-9-21)26-17-18-27(31(34)30(26)33)25-15-10-22(11-16-25)6-7-23-12-19-29(35-4-2)28(32)20-23/h3,5-9,12-14,17-20,22,25H,4,10-11,15-16H2,1-2H3. The first-order valence-electron chi connectivity index (χ1n) is 12.3. The van der Waals surface area contributed by atoms with Crippen LogP contribution in [0.4, 0.5) is 13.2 Å². The van der Waals surface area contributed by atoms with E-state index in [-0.39, 0.29) is 23.0 Å². The Morgan fingerprint density at radius 1 is 0.829 bits per heavy atom. The topological polar surface area (TPSA) is 9.23 Å². The fourth-order valence-corrected chi connectivity index (χ4v) is 4.83. The minimum absolute atomic E-state index is 0.00295. The molecule has 0 N–H and O–H groups in total. The largest absolute Gasteiger partial charge is 0.491 e. The molecule has 0 spiro atoms. The maximum Gasteiger partial charge on any atom is 0.166 e. The molecule has 1 saturated carbocycles. The summed E-state index contributed by atoms with van der Waals surface area (Å²) in [5.41, 5.74) is 3.23. The molecule has 3 aromatic carbocycles. The number of benzene rings is 3. The van der Waals surface area contributed by atoms with Gasteiger partial charge in [-0.05, 0) is 85.8 Å². The Hall–Kier alpha value is -3.27. The Morgan fingerprint density at radius 2 is 1.54 bits per heavy atom. The van der Waals surface area contributed by atoms with Crippen LogP contribution in [0.1, 0.15) is 62.1 Å². The van der Waals surface area contributed by atoms with Gasteiger partial charge in [0.05, 0.1) is 6.61 Å². The van der Waals surface area contributed by atoms with Gasteiger partial charge in [0, 0.05) is 5.56 Å². The molecule has 4 heteroatoms. The highest BCUT2D eigenvalue weighted by atomic mass is 19.2. The molecule has 1 nitrogen and oxygen atoms in total. The Morgan fingerprint density at radius 3 is 2.20 bits per heavy atom. The zero-order valence-corrected chi connectivity index (χ0v) is 20.2. The van der Waals surface area contributed by atoms with Crippen molar-refractivity contribution in [3.63, 3.8) is 0 Å². The van der Waals surface area contributed by atoms with Gasteiger partial charge in [-0.25, -0.2) is 13.2 Å². The van der Waals surface area contributed by atoms with Gasteiger partial charge in [0.2, 0.25) is 0 Å². The summed E-state index contributed by atoms with van der Waals surface area (Å²) in [6, 6.07) is 15.8. The molecular formula is C31H31F3O. The zero-order chi connectivity index (χ0) is 24.8. The van der Waals surface area contributed by atoms with Crippen molar-refractivity contribution in [1.29, 1.82) is 0 Å². The van der Waals surface area contributed by atoms with Crippen LogP contribution >= 0.6 is 0 Å². The van der Waals surface area contributed by atoms with Gasteiger partial charge in [-0.1, -0.05) is 66.8 Å². The predicted octanol–water partition coefficient (Wildman–Crippen LogP) is 9.19. The number of hydrogen-bond donors (Lipinski definition) is 0. The first kappa shape index (κ1) is 24.8. The molecule has 182 valence electrons. The molecule has 1 fully saturated rings. The van der Waals surface area contributed by atoms with Crippen LogP contribution in [-0.4, -0.2) is 6.61 Å². The average Bonchev–Trinajstić information content (AvgIpc) is 2.87. The molecule has 35 heavy (non-hydrogen) atoms. The summed E-state index contributed by atoms with van der Waals surface area (Å²) in [6.07, 6.45) is 11.3. The minimum atomic E-state index is -0.777. The lowest BCUT2D eigenvalue weighted by atomic mass is 9.78. The summed E-state index contributed by atoms with van der Waals surface area (Å²) in [5.74, 6) is -1.28. The van der Waals surface area contributed by atoms with E-state index in [4.69, 9.17) is 4.74 Å². The molecule has 0 atom stereocenters. The summed E-state index contributed by atoms with van der Waals surface area (Å²) >= 11 is 0. The first-order valence-corrected chi connectivity index (χ1v) is 12.3. The van der Waals surface area contributed by atoms with Gasteiger partial charge in [0.25, 0.3) is 0 Å². The third-order valence-electron chi connectivity index (χ3n) is 6.72. The summed E-state index contributed by atoms with van der Waals surface area (Å²) < 4.78 is 49.4. The van der Waals surface area contributed by atoms with Crippen molar-refractivity contribution in [2.75, 3.05) is 6.61 Å². The molecule has 1 aliphatic rings. The fraction of sp³-hybridized carbons (Fsp3) is 0.290. The molecule has 0 aliphatic heterocycles. The molecule has 0 amide bonds. The van der Waals surface area contributed by atoms with Crippen molar-refractivity contribution in [3.8, 4) is 16.9 Å². The van der Waals surface area contributed by atoms with E-state index in [0.717, 1.165) is 36.8 Å². The van der Waals surface area contributed by atoms with Gasteiger partial charge in [0.1, 0.15) is 0 Å². The Kier molecular flexibility index (Phi) is 8.12. The molecule has 0 bridgehead atoms. The van der Waals surface area contributed by atoms with Crippen molar-refractivity contribution < 1.29 is 17.9 Å². The molecule has 4 rings (SSSR count). The first-order chi connectivity index (χ1) is 17.0. The quantitative estimate of drug-likeness (QED) is 0.330. The van der Waals surface area contributed by atoms with Gasteiger partial charge in [-0.15, -0.1) is 0 Å². The molecular weight excluding hydrogens is 445 g/mol. The second kappa shape index (κ2) is 11.4. The predicted molar refractivity (Wildman–Crippen MR) is 138 cm³/mol. The van der Waals surface area contributed by atoms with E-state index < -0.39 is 11.6 Å². The van der Waals surface area contributed by atoms with Crippen molar-refractivity contribution in [2.45, 2.75) is 45.4 Å². The fourth-order valence-electron chi connectivity index (χ4n) is 4.83. The Balaban J connectivity index is 1.40. The lowest BCUT2D eigenvalue weighted by molar-refractivity contribution is 0.321. The molecule has 3 aromatic rings. The van der Waals surface area contributed by atoms with E-state index in [1.54, 1.807) is 18.2 Å². The van der Waals surface area contributed by atoms with E-state index in [1.165, 1.54) is 6.07 Å². The van der Waals surface area contributed by atoms with E-state index in [0.29, 0.717) is 23.7 Å². The molecule has 1 aliphatic carbocycles. The van der Waals surface area contributed by atoms with E-state index in [1.807, 2.05) is 62.4 Å². The molecule has 0 saturated heterocycles. The Bertz CT molecular complexity index is 1200. The number of allylic oxidation sites excluding steroid dienone is 2. The highest BCUT2D eigenvalue weighted by Gasteiger charge is 2.25. The number of halogens is 3. The maximum absolute atomic E-state index is 15.1. The lowest BCUT2D eigenvalue weighted by Gasteiger charge is -2.27. The number of rotatable bonds is 7. The normalized spacial score (nSPS) is 18.4. The monoisotopic (exact) mass is 476 g/mol. The van der Waals surface area contributed by atoms with E-state index >= 15 is 8.78 Å². The maximum atomic E-state index is 15.1. The number of ether oxygens (including phenoxy) is 1. The van der Waals surface area contributed by atoms with Gasteiger partial charge in [-0.3, -0.25) is 0 Å². The van der Waals surface area contributed by atoms with Crippen LogP contribution in [0.25, 0.3) is 23.3 Å². The second-order valence-electron chi connectivity index (χ2n) is 9.05. The summed E-state index contributed by atoms with van der Waals surface area (Å²) in [7, 11) is 0. The molecule has 0 heterocycles.